The molecule has 0 amide bonds. The zero-order chi connectivity index (χ0) is 13.6. The van der Waals surface area contributed by atoms with Gasteiger partial charge in [0.1, 0.15) is 5.84 Å². The monoisotopic (exact) mass is 378 g/mol. The predicted octanol–water partition coefficient (Wildman–Crippen LogP) is 4.58. The fourth-order valence-corrected chi connectivity index (χ4v) is 3.07. The van der Waals surface area contributed by atoms with Crippen LogP contribution >= 0.6 is 24.0 Å². The highest BCUT2D eigenvalue weighted by molar-refractivity contribution is 14.0. The van der Waals surface area contributed by atoms with Crippen LogP contribution in [0.2, 0.25) is 0 Å². The Morgan fingerprint density at radius 2 is 1.60 bits per heavy atom. The van der Waals surface area contributed by atoms with E-state index in [1.54, 1.807) is 0 Å². The lowest BCUT2D eigenvalue weighted by molar-refractivity contribution is 1.03. The Morgan fingerprint density at radius 1 is 1.00 bits per heavy atom. The highest BCUT2D eigenvalue weighted by Crippen LogP contribution is 2.33. The summed E-state index contributed by atoms with van der Waals surface area (Å²) in [4.78, 5) is 2.12. The molecule has 0 bridgehead atoms. The van der Waals surface area contributed by atoms with Crippen molar-refractivity contribution in [3.8, 4) is 0 Å². The van der Waals surface area contributed by atoms with Gasteiger partial charge in [-0.3, -0.25) is 5.41 Å². The maximum atomic E-state index is 8.40. The Bertz CT molecular complexity index is 653. The Kier molecular flexibility index (Phi) is 4.18. The van der Waals surface area contributed by atoms with Crippen LogP contribution in [0.1, 0.15) is 27.8 Å². The Labute approximate surface area is 137 Å². The highest BCUT2D eigenvalue weighted by atomic mass is 127. The molecule has 0 unspecified atom stereocenters. The SMILES string of the molecule is Cc1cc(C)c(N2Cc3ccccc3C2=N)c(C)c1.I. The van der Waals surface area contributed by atoms with Crippen LogP contribution in [0.15, 0.2) is 36.4 Å². The molecule has 0 saturated heterocycles. The third-order valence-corrected chi connectivity index (χ3v) is 3.78. The molecule has 1 aliphatic rings. The van der Waals surface area contributed by atoms with Crippen molar-refractivity contribution in [1.82, 2.24) is 0 Å². The van der Waals surface area contributed by atoms with E-state index >= 15 is 0 Å². The number of aryl methyl sites for hydroxylation is 3. The fraction of sp³-hybridized carbons (Fsp3) is 0.235. The molecule has 3 heteroatoms. The molecular formula is C17H19IN2. The van der Waals surface area contributed by atoms with Gasteiger partial charge in [0.15, 0.2) is 0 Å². The largest absolute Gasteiger partial charge is 0.321 e. The number of hydrogen-bond acceptors (Lipinski definition) is 1. The molecule has 104 valence electrons. The van der Waals surface area contributed by atoms with E-state index in [1.807, 2.05) is 18.2 Å². The number of amidine groups is 1. The second-order valence-corrected chi connectivity index (χ2v) is 5.34. The summed E-state index contributed by atoms with van der Waals surface area (Å²) in [5.74, 6) is 0.616. The number of benzene rings is 2. The maximum Gasteiger partial charge on any atom is 0.133 e. The summed E-state index contributed by atoms with van der Waals surface area (Å²) in [6, 6.07) is 12.6. The Balaban J connectivity index is 0.00000147. The van der Waals surface area contributed by atoms with Gasteiger partial charge < -0.3 is 4.90 Å². The van der Waals surface area contributed by atoms with Crippen molar-refractivity contribution in [2.24, 2.45) is 0 Å². The van der Waals surface area contributed by atoms with Crippen LogP contribution in [0, 0.1) is 26.2 Å². The van der Waals surface area contributed by atoms with Crippen molar-refractivity contribution in [1.29, 1.82) is 5.41 Å². The van der Waals surface area contributed by atoms with Gasteiger partial charge in [-0.25, -0.2) is 0 Å². The minimum Gasteiger partial charge on any atom is -0.321 e. The highest BCUT2D eigenvalue weighted by Gasteiger charge is 2.26. The second-order valence-electron chi connectivity index (χ2n) is 5.34. The topological polar surface area (TPSA) is 27.1 Å². The van der Waals surface area contributed by atoms with Gasteiger partial charge in [0.25, 0.3) is 0 Å². The van der Waals surface area contributed by atoms with Crippen molar-refractivity contribution in [3.63, 3.8) is 0 Å². The summed E-state index contributed by atoms with van der Waals surface area (Å²) >= 11 is 0. The van der Waals surface area contributed by atoms with Gasteiger partial charge in [0, 0.05) is 11.3 Å². The van der Waals surface area contributed by atoms with Crippen LogP contribution in [0.5, 0.6) is 0 Å². The van der Waals surface area contributed by atoms with E-state index in [0.717, 1.165) is 12.1 Å². The maximum absolute atomic E-state index is 8.40. The van der Waals surface area contributed by atoms with Gasteiger partial charge in [-0.15, -0.1) is 24.0 Å². The minimum absolute atomic E-state index is 0. The number of hydrogen-bond donors (Lipinski definition) is 1. The van der Waals surface area contributed by atoms with Crippen molar-refractivity contribution in [3.05, 3.63) is 64.2 Å². The lowest BCUT2D eigenvalue weighted by atomic mass is 10.0. The summed E-state index contributed by atoms with van der Waals surface area (Å²) in [5, 5.41) is 8.40. The number of nitrogens with zero attached hydrogens (tertiary/aromatic N) is 1. The van der Waals surface area contributed by atoms with Crippen LogP contribution in [0.4, 0.5) is 5.69 Å². The number of nitrogens with one attached hydrogen (secondary N) is 1. The molecule has 2 aromatic carbocycles. The molecule has 20 heavy (non-hydrogen) atoms. The zero-order valence-electron chi connectivity index (χ0n) is 12.0. The van der Waals surface area contributed by atoms with E-state index in [-0.39, 0.29) is 24.0 Å². The molecule has 0 radical (unpaired) electrons. The van der Waals surface area contributed by atoms with E-state index < -0.39 is 0 Å². The van der Waals surface area contributed by atoms with Crippen molar-refractivity contribution in [2.75, 3.05) is 4.90 Å². The predicted molar refractivity (Wildman–Crippen MR) is 95.5 cm³/mol. The normalized spacial score (nSPS) is 13.2. The summed E-state index contributed by atoms with van der Waals surface area (Å²) in [6.07, 6.45) is 0. The van der Waals surface area contributed by atoms with Gasteiger partial charge in [0.05, 0.1) is 6.54 Å². The lowest BCUT2D eigenvalue weighted by Crippen LogP contribution is -2.24. The zero-order valence-corrected chi connectivity index (χ0v) is 14.4. The van der Waals surface area contributed by atoms with Gasteiger partial charge in [0.2, 0.25) is 0 Å². The fourth-order valence-electron chi connectivity index (χ4n) is 3.07. The average Bonchev–Trinajstić information content (AvgIpc) is 2.66. The van der Waals surface area contributed by atoms with Gasteiger partial charge in [-0.1, -0.05) is 42.0 Å². The Morgan fingerprint density at radius 3 is 2.20 bits per heavy atom. The number of rotatable bonds is 1. The molecule has 0 saturated carbocycles. The number of halogens is 1. The first-order valence-electron chi connectivity index (χ1n) is 6.60. The summed E-state index contributed by atoms with van der Waals surface area (Å²) in [6.45, 7) is 7.19. The molecule has 0 aromatic heterocycles. The first-order valence-corrected chi connectivity index (χ1v) is 6.60. The summed E-state index contributed by atoms with van der Waals surface area (Å²) < 4.78 is 0. The molecule has 0 atom stereocenters. The lowest BCUT2D eigenvalue weighted by Gasteiger charge is -2.23. The van der Waals surface area contributed by atoms with E-state index in [2.05, 4.69) is 43.9 Å². The van der Waals surface area contributed by atoms with Crippen molar-refractivity contribution in [2.45, 2.75) is 27.3 Å². The standard InChI is InChI=1S/C17H18N2.HI/c1-11-8-12(2)16(13(3)9-11)19-10-14-6-4-5-7-15(14)17(19)18;/h4-9,18H,10H2,1-3H3;1H. The van der Waals surface area contributed by atoms with E-state index in [1.165, 1.54) is 27.9 Å². The molecule has 2 aromatic rings. The van der Waals surface area contributed by atoms with Gasteiger partial charge >= 0.3 is 0 Å². The van der Waals surface area contributed by atoms with Crippen molar-refractivity contribution >= 4 is 35.5 Å². The quantitative estimate of drug-likeness (QED) is 0.723. The smallest absolute Gasteiger partial charge is 0.133 e. The molecule has 0 spiro atoms. The molecule has 3 rings (SSSR count). The van der Waals surface area contributed by atoms with Crippen LogP contribution in [0.3, 0.4) is 0 Å². The van der Waals surface area contributed by atoms with Gasteiger partial charge in [-0.05, 0) is 37.5 Å². The molecular weight excluding hydrogens is 359 g/mol. The molecule has 1 heterocycles. The van der Waals surface area contributed by atoms with Crippen molar-refractivity contribution < 1.29 is 0 Å². The molecule has 2 nitrogen and oxygen atoms in total. The molecule has 1 aliphatic heterocycles. The minimum atomic E-state index is 0. The number of anilines is 1. The summed E-state index contributed by atoms with van der Waals surface area (Å²) in [7, 11) is 0. The van der Waals surface area contributed by atoms with Crippen LogP contribution in [0.25, 0.3) is 0 Å². The molecule has 1 N–H and O–H groups in total. The van der Waals surface area contributed by atoms with Gasteiger partial charge in [-0.2, -0.15) is 0 Å². The third-order valence-electron chi connectivity index (χ3n) is 3.78. The average molecular weight is 378 g/mol. The third kappa shape index (κ3) is 2.35. The second kappa shape index (κ2) is 5.56. The van der Waals surface area contributed by atoms with Crippen LogP contribution < -0.4 is 4.90 Å². The number of fused-ring (bicyclic) bond motifs is 1. The first-order chi connectivity index (χ1) is 9.08. The summed E-state index contributed by atoms with van der Waals surface area (Å²) in [5.41, 5.74) is 7.26. The Hall–Kier alpha value is -1.36. The van der Waals surface area contributed by atoms with Crippen LogP contribution in [-0.4, -0.2) is 5.84 Å². The molecule has 0 fully saturated rings. The van der Waals surface area contributed by atoms with E-state index in [0.29, 0.717) is 5.84 Å². The van der Waals surface area contributed by atoms with Crippen LogP contribution in [-0.2, 0) is 6.54 Å². The van der Waals surface area contributed by atoms with E-state index in [4.69, 9.17) is 5.41 Å². The molecule has 0 aliphatic carbocycles. The van der Waals surface area contributed by atoms with E-state index in [9.17, 15) is 0 Å². The first kappa shape index (κ1) is 15.0.